The fraction of sp³-hybridized carbons (Fsp3) is 0.750. The van der Waals surface area contributed by atoms with Crippen molar-refractivity contribution in [3.8, 4) is 0 Å². The molecule has 0 aliphatic rings. The molecule has 0 radical (unpaired) electrons. The van der Waals surface area contributed by atoms with Gasteiger partial charge in [0.2, 0.25) is 5.13 Å². The number of aryl methyl sites for hydroxylation is 1. The van der Waals surface area contributed by atoms with Crippen molar-refractivity contribution >= 4 is 16.7 Å². The number of hydrogen-bond donors (Lipinski definition) is 1. The van der Waals surface area contributed by atoms with E-state index in [0.29, 0.717) is 6.61 Å². The van der Waals surface area contributed by atoms with Crippen LogP contribution in [0.5, 0.6) is 0 Å². The molecule has 5 heteroatoms. The molecule has 0 aromatic carbocycles. The molecule has 0 saturated carbocycles. The number of anilines is 1. The number of aromatic nitrogens is 2. The molecule has 4 nitrogen and oxygen atoms in total. The Bertz CT molecular complexity index is 251. The number of methoxy groups -OCH3 is 1. The third-order valence-corrected chi connectivity index (χ3v) is 2.25. The van der Waals surface area contributed by atoms with E-state index in [-0.39, 0.29) is 6.04 Å². The Kier molecular flexibility index (Phi) is 4.11. The number of hydrogen-bond acceptors (Lipinski definition) is 5. The van der Waals surface area contributed by atoms with Crippen LogP contribution in [0.3, 0.4) is 0 Å². The molecular formula is C8H15N3OS. The van der Waals surface area contributed by atoms with Crippen LogP contribution in [0.25, 0.3) is 0 Å². The third-order valence-electron chi connectivity index (χ3n) is 1.57. The largest absolute Gasteiger partial charge is 0.383 e. The Morgan fingerprint density at radius 2 is 2.38 bits per heavy atom. The average Bonchev–Trinajstić information content (AvgIpc) is 2.52. The van der Waals surface area contributed by atoms with Crippen molar-refractivity contribution < 1.29 is 4.74 Å². The van der Waals surface area contributed by atoms with Gasteiger partial charge in [-0.2, -0.15) is 4.37 Å². The molecule has 0 bridgehead atoms. The molecule has 0 fully saturated rings. The molecular weight excluding hydrogens is 186 g/mol. The van der Waals surface area contributed by atoms with Crippen molar-refractivity contribution in [3.05, 3.63) is 5.82 Å². The van der Waals surface area contributed by atoms with Crippen molar-refractivity contribution in [2.24, 2.45) is 0 Å². The summed E-state index contributed by atoms with van der Waals surface area (Å²) < 4.78 is 9.18. The van der Waals surface area contributed by atoms with Gasteiger partial charge in [-0.3, -0.25) is 0 Å². The van der Waals surface area contributed by atoms with Crippen LogP contribution < -0.4 is 5.32 Å². The molecule has 1 aromatic rings. The van der Waals surface area contributed by atoms with Crippen LogP contribution in [-0.2, 0) is 11.2 Å². The van der Waals surface area contributed by atoms with Crippen LogP contribution in [0.1, 0.15) is 19.7 Å². The minimum atomic E-state index is 0.280. The molecule has 13 heavy (non-hydrogen) atoms. The Hall–Kier alpha value is -0.680. The van der Waals surface area contributed by atoms with E-state index >= 15 is 0 Å². The summed E-state index contributed by atoms with van der Waals surface area (Å²) in [4.78, 5) is 4.29. The zero-order valence-corrected chi connectivity index (χ0v) is 9.02. The van der Waals surface area contributed by atoms with Crippen LogP contribution >= 0.6 is 11.5 Å². The molecule has 0 saturated heterocycles. The highest BCUT2D eigenvalue weighted by molar-refractivity contribution is 7.09. The smallest absolute Gasteiger partial charge is 0.202 e. The highest BCUT2D eigenvalue weighted by Gasteiger charge is 2.05. The maximum Gasteiger partial charge on any atom is 0.202 e. The van der Waals surface area contributed by atoms with Gasteiger partial charge in [0, 0.05) is 31.1 Å². The molecule has 1 aromatic heterocycles. The van der Waals surface area contributed by atoms with E-state index in [1.54, 1.807) is 7.11 Å². The van der Waals surface area contributed by atoms with E-state index < -0.39 is 0 Å². The average molecular weight is 201 g/mol. The standard InChI is InChI=1S/C8H15N3OS/c1-4-7-10-8(13-11-7)9-6(2)5-12-3/h6H,4-5H2,1-3H3,(H,9,10,11). The first kappa shape index (κ1) is 10.4. The zero-order chi connectivity index (χ0) is 9.68. The first-order chi connectivity index (χ1) is 6.26. The van der Waals surface area contributed by atoms with Crippen LogP contribution in [-0.4, -0.2) is 29.1 Å². The molecule has 1 heterocycles. The Balaban J connectivity index is 2.44. The molecule has 1 N–H and O–H groups in total. The molecule has 0 aliphatic heterocycles. The fourth-order valence-corrected chi connectivity index (χ4v) is 1.72. The monoisotopic (exact) mass is 201 g/mol. The second kappa shape index (κ2) is 5.14. The van der Waals surface area contributed by atoms with Gasteiger partial charge in [0.1, 0.15) is 5.82 Å². The Morgan fingerprint density at radius 3 is 2.92 bits per heavy atom. The van der Waals surface area contributed by atoms with E-state index in [9.17, 15) is 0 Å². The van der Waals surface area contributed by atoms with Crippen LogP contribution in [0, 0.1) is 0 Å². The lowest BCUT2D eigenvalue weighted by atomic mass is 10.4. The van der Waals surface area contributed by atoms with E-state index in [1.165, 1.54) is 11.5 Å². The van der Waals surface area contributed by atoms with Crippen molar-refractivity contribution in [2.45, 2.75) is 26.3 Å². The molecule has 0 amide bonds. The predicted octanol–water partition coefficient (Wildman–Crippen LogP) is 1.55. The topological polar surface area (TPSA) is 47.0 Å². The van der Waals surface area contributed by atoms with Crippen molar-refractivity contribution in [1.82, 2.24) is 9.36 Å². The summed E-state index contributed by atoms with van der Waals surface area (Å²) in [5.74, 6) is 0.900. The van der Waals surface area contributed by atoms with Crippen molar-refractivity contribution in [1.29, 1.82) is 0 Å². The summed E-state index contributed by atoms with van der Waals surface area (Å²) in [5.41, 5.74) is 0. The Morgan fingerprint density at radius 1 is 1.62 bits per heavy atom. The van der Waals surface area contributed by atoms with E-state index in [4.69, 9.17) is 4.74 Å². The lowest BCUT2D eigenvalue weighted by molar-refractivity contribution is 0.190. The lowest BCUT2D eigenvalue weighted by Crippen LogP contribution is -2.20. The number of rotatable bonds is 5. The highest BCUT2D eigenvalue weighted by Crippen LogP contribution is 2.12. The molecule has 1 atom stereocenters. The summed E-state index contributed by atoms with van der Waals surface area (Å²) in [7, 11) is 1.69. The summed E-state index contributed by atoms with van der Waals surface area (Å²) >= 11 is 1.40. The molecule has 0 spiro atoms. The van der Waals surface area contributed by atoms with Gasteiger partial charge in [-0.05, 0) is 6.92 Å². The van der Waals surface area contributed by atoms with Crippen LogP contribution in [0.15, 0.2) is 0 Å². The molecule has 1 unspecified atom stereocenters. The fourth-order valence-electron chi connectivity index (χ4n) is 0.959. The number of nitrogens with zero attached hydrogens (tertiary/aromatic N) is 2. The number of nitrogens with one attached hydrogen (secondary N) is 1. The maximum absolute atomic E-state index is 5.00. The van der Waals surface area contributed by atoms with Gasteiger partial charge in [0.25, 0.3) is 0 Å². The molecule has 74 valence electrons. The van der Waals surface area contributed by atoms with Crippen LogP contribution in [0.4, 0.5) is 5.13 Å². The lowest BCUT2D eigenvalue weighted by Gasteiger charge is -2.10. The minimum Gasteiger partial charge on any atom is -0.383 e. The van der Waals surface area contributed by atoms with Gasteiger partial charge in [-0.1, -0.05) is 6.92 Å². The first-order valence-electron chi connectivity index (χ1n) is 4.34. The summed E-state index contributed by atoms with van der Waals surface area (Å²) in [6.45, 7) is 4.78. The summed E-state index contributed by atoms with van der Waals surface area (Å²) in [6.07, 6.45) is 0.886. The first-order valence-corrected chi connectivity index (χ1v) is 5.11. The van der Waals surface area contributed by atoms with Gasteiger partial charge in [0.05, 0.1) is 6.61 Å². The minimum absolute atomic E-state index is 0.280. The zero-order valence-electron chi connectivity index (χ0n) is 8.20. The summed E-state index contributed by atoms with van der Waals surface area (Å²) in [5, 5.41) is 4.09. The second-order valence-electron chi connectivity index (χ2n) is 2.87. The van der Waals surface area contributed by atoms with Crippen molar-refractivity contribution in [3.63, 3.8) is 0 Å². The van der Waals surface area contributed by atoms with Gasteiger partial charge in [-0.15, -0.1) is 0 Å². The van der Waals surface area contributed by atoms with Gasteiger partial charge < -0.3 is 10.1 Å². The molecule has 1 rings (SSSR count). The second-order valence-corrected chi connectivity index (χ2v) is 3.62. The van der Waals surface area contributed by atoms with E-state index in [1.807, 2.05) is 6.92 Å². The van der Waals surface area contributed by atoms with E-state index in [2.05, 4.69) is 21.6 Å². The van der Waals surface area contributed by atoms with E-state index in [0.717, 1.165) is 17.4 Å². The van der Waals surface area contributed by atoms with Crippen LogP contribution in [0.2, 0.25) is 0 Å². The quantitative estimate of drug-likeness (QED) is 0.785. The molecule has 0 aliphatic carbocycles. The maximum atomic E-state index is 5.00. The Labute approximate surface area is 82.5 Å². The number of ether oxygens (including phenoxy) is 1. The summed E-state index contributed by atoms with van der Waals surface area (Å²) in [6, 6.07) is 0.280. The normalized spacial score (nSPS) is 12.8. The highest BCUT2D eigenvalue weighted by atomic mass is 32.1. The third kappa shape index (κ3) is 3.28. The predicted molar refractivity (Wildman–Crippen MR) is 54.2 cm³/mol. The van der Waals surface area contributed by atoms with Gasteiger partial charge >= 0.3 is 0 Å². The SMILES string of the molecule is CCc1nsc(NC(C)COC)n1. The van der Waals surface area contributed by atoms with Gasteiger partial charge in [-0.25, -0.2) is 4.98 Å². The van der Waals surface area contributed by atoms with Crippen molar-refractivity contribution in [2.75, 3.05) is 19.0 Å². The van der Waals surface area contributed by atoms with Gasteiger partial charge in [0.15, 0.2) is 0 Å².